The number of fused-ring (bicyclic) bond motifs is 1. The molecule has 1 aromatic heterocycles. The number of pyridine rings is 1. The lowest BCUT2D eigenvalue weighted by Gasteiger charge is -2.04. The molecule has 0 N–H and O–H groups in total. The molecule has 0 saturated carbocycles. The maximum Gasteiger partial charge on any atom is 0.125 e. The van der Waals surface area contributed by atoms with Crippen LogP contribution in [-0.4, -0.2) is 4.98 Å². The van der Waals surface area contributed by atoms with Crippen LogP contribution in [0.25, 0.3) is 22.2 Å². The van der Waals surface area contributed by atoms with E-state index >= 15 is 0 Å². The second kappa shape index (κ2) is 4.39. The van der Waals surface area contributed by atoms with Crippen LogP contribution in [-0.2, 0) is 0 Å². The molecule has 3 rings (SSSR count). The molecule has 3 aromatic rings. The molecule has 0 atom stereocenters. The van der Waals surface area contributed by atoms with Gasteiger partial charge in [0.15, 0.2) is 0 Å². The lowest BCUT2D eigenvalue weighted by molar-refractivity contribution is 0.628. The van der Waals surface area contributed by atoms with Crippen molar-refractivity contribution in [2.45, 2.75) is 0 Å². The summed E-state index contributed by atoms with van der Waals surface area (Å²) >= 11 is 5.85. The molecule has 88 valence electrons. The molecule has 0 aliphatic rings. The zero-order valence-corrected chi connectivity index (χ0v) is 10.2. The molecule has 1 nitrogen and oxygen atoms in total. The van der Waals surface area contributed by atoms with Gasteiger partial charge in [-0.2, -0.15) is 0 Å². The second-order valence-corrected chi connectivity index (χ2v) is 4.48. The Bertz CT molecular complexity index is 704. The Labute approximate surface area is 109 Å². The Morgan fingerprint density at radius 1 is 0.944 bits per heavy atom. The molecule has 0 fully saturated rings. The molecule has 0 radical (unpaired) electrons. The number of halogens is 2. The van der Waals surface area contributed by atoms with Crippen molar-refractivity contribution in [3.8, 4) is 11.3 Å². The molecule has 2 aromatic carbocycles. The number of aromatic nitrogens is 1. The number of rotatable bonds is 1. The molecule has 0 aliphatic carbocycles. The van der Waals surface area contributed by atoms with Gasteiger partial charge in [-0.3, -0.25) is 0 Å². The van der Waals surface area contributed by atoms with Gasteiger partial charge in [0.05, 0.1) is 11.2 Å². The largest absolute Gasteiger partial charge is 0.248 e. The van der Waals surface area contributed by atoms with Gasteiger partial charge in [0.1, 0.15) is 5.82 Å². The molecule has 3 heteroatoms. The van der Waals surface area contributed by atoms with Crippen molar-refractivity contribution in [1.82, 2.24) is 4.98 Å². The molecule has 0 amide bonds. The van der Waals surface area contributed by atoms with Crippen molar-refractivity contribution in [3.63, 3.8) is 0 Å². The molecule has 1 heterocycles. The normalized spacial score (nSPS) is 10.8. The highest BCUT2D eigenvalue weighted by molar-refractivity contribution is 6.30. The third kappa shape index (κ3) is 2.07. The minimum absolute atomic E-state index is 0.354. The van der Waals surface area contributed by atoms with Crippen LogP contribution in [0.4, 0.5) is 4.39 Å². The molecule has 0 bridgehead atoms. The lowest BCUT2D eigenvalue weighted by atomic mass is 10.1. The highest BCUT2D eigenvalue weighted by Crippen LogP contribution is 2.24. The summed E-state index contributed by atoms with van der Waals surface area (Å²) in [5, 5.41) is 1.43. The third-order valence-corrected chi connectivity index (χ3v) is 2.97. The molecular formula is C15H9ClFN. The maximum atomic E-state index is 13.3. The van der Waals surface area contributed by atoms with Gasteiger partial charge >= 0.3 is 0 Å². The zero-order chi connectivity index (χ0) is 12.5. The number of hydrogen-bond acceptors (Lipinski definition) is 1. The topological polar surface area (TPSA) is 12.9 Å². The quantitative estimate of drug-likeness (QED) is 0.616. The van der Waals surface area contributed by atoms with Crippen LogP contribution in [0.5, 0.6) is 0 Å². The summed E-state index contributed by atoms with van der Waals surface area (Å²) in [5.74, 6) is -0.354. The van der Waals surface area contributed by atoms with E-state index in [4.69, 9.17) is 11.6 Å². The van der Waals surface area contributed by atoms with Crippen molar-refractivity contribution < 1.29 is 4.39 Å². The number of para-hydroxylation sites is 1. The molecule has 0 unspecified atom stereocenters. The average molecular weight is 258 g/mol. The lowest BCUT2D eigenvalue weighted by Crippen LogP contribution is -1.86. The standard InChI is InChI=1S/C15H9ClFN/c16-12-7-11(8-13(17)9-12)15-6-5-10-3-1-2-4-14(10)18-15/h1-9H. The van der Waals surface area contributed by atoms with Crippen LogP contribution in [0.3, 0.4) is 0 Å². The van der Waals surface area contributed by atoms with E-state index in [9.17, 15) is 4.39 Å². The number of hydrogen-bond donors (Lipinski definition) is 0. The van der Waals surface area contributed by atoms with Crippen molar-refractivity contribution in [1.29, 1.82) is 0 Å². The van der Waals surface area contributed by atoms with Gasteiger partial charge in [0.2, 0.25) is 0 Å². The van der Waals surface area contributed by atoms with Crippen molar-refractivity contribution in [2.75, 3.05) is 0 Å². The van der Waals surface area contributed by atoms with Crippen molar-refractivity contribution >= 4 is 22.5 Å². The Hall–Kier alpha value is -1.93. The van der Waals surface area contributed by atoms with Crippen molar-refractivity contribution in [2.24, 2.45) is 0 Å². The SMILES string of the molecule is Fc1cc(Cl)cc(-c2ccc3ccccc3n2)c1. The zero-order valence-electron chi connectivity index (χ0n) is 9.40. The predicted molar refractivity (Wildman–Crippen MR) is 72.1 cm³/mol. The summed E-state index contributed by atoms with van der Waals surface area (Å²) in [6.07, 6.45) is 0. The van der Waals surface area contributed by atoms with Crippen LogP contribution in [0, 0.1) is 5.82 Å². The number of nitrogens with zero attached hydrogens (tertiary/aromatic N) is 1. The minimum atomic E-state index is -0.354. The third-order valence-electron chi connectivity index (χ3n) is 2.76. The second-order valence-electron chi connectivity index (χ2n) is 4.05. The minimum Gasteiger partial charge on any atom is -0.248 e. The van der Waals surface area contributed by atoms with E-state index in [0.29, 0.717) is 10.6 Å². The summed E-state index contributed by atoms with van der Waals surface area (Å²) in [6, 6.07) is 16.1. The van der Waals surface area contributed by atoms with E-state index in [1.165, 1.54) is 12.1 Å². The highest BCUT2D eigenvalue weighted by atomic mass is 35.5. The van der Waals surface area contributed by atoms with Gasteiger partial charge in [-0.1, -0.05) is 35.9 Å². The fourth-order valence-electron chi connectivity index (χ4n) is 1.93. The predicted octanol–water partition coefficient (Wildman–Crippen LogP) is 4.69. The monoisotopic (exact) mass is 257 g/mol. The van der Waals surface area contributed by atoms with Crippen LogP contribution >= 0.6 is 11.6 Å². The van der Waals surface area contributed by atoms with E-state index < -0.39 is 0 Å². The average Bonchev–Trinajstić information content (AvgIpc) is 2.37. The number of benzene rings is 2. The highest BCUT2D eigenvalue weighted by Gasteiger charge is 2.04. The van der Waals surface area contributed by atoms with Gasteiger partial charge in [-0.25, -0.2) is 9.37 Å². The molecule has 0 saturated heterocycles. The Morgan fingerprint density at radius 3 is 2.61 bits per heavy atom. The van der Waals surface area contributed by atoms with Gasteiger partial charge < -0.3 is 0 Å². The first-order valence-corrected chi connectivity index (χ1v) is 5.92. The Morgan fingerprint density at radius 2 is 1.78 bits per heavy atom. The molecular weight excluding hydrogens is 249 g/mol. The van der Waals surface area contributed by atoms with Crippen LogP contribution in [0.2, 0.25) is 5.02 Å². The van der Waals surface area contributed by atoms with Crippen LogP contribution in [0.1, 0.15) is 0 Å². The maximum absolute atomic E-state index is 13.3. The fraction of sp³-hybridized carbons (Fsp3) is 0. The first kappa shape index (κ1) is 11.2. The summed E-state index contributed by atoms with van der Waals surface area (Å²) in [6.45, 7) is 0. The van der Waals surface area contributed by atoms with E-state index in [1.54, 1.807) is 6.07 Å². The van der Waals surface area contributed by atoms with E-state index in [-0.39, 0.29) is 5.82 Å². The summed E-state index contributed by atoms with van der Waals surface area (Å²) in [5.41, 5.74) is 2.29. The first-order valence-electron chi connectivity index (χ1n) is 5.55. The van der Waals surface area contributed by atoms with Gasteiger partial charge in [-0.05, 0) is 30.3 Å². The van der Waals surface area contributed by atoms with Gasteiger partial charge in [-0.15, -0.1) is 0 Å². The summed E-state index contributed by atoms with van der Waals surface area (Å²) in [4.78, 5) is 4.50. The van der Waals surface area contributed by atoms with Crippen molar-refractivity contribution in [3.05, 3.63) is 65.4 Å². The Balaban J connectivity index is 2.19. The molecule has 18 heavy (non-hydrogen) atoms. The summed E-state index contributed by atoms with van der Waals surface area (Å²) < 4.78 is 13.3. The van der Waals surface area contributed by atoms with Crippen LogP contribution < -0.4 is 0 Å². The first-order chi connectivity index (χ1) is 8.72. The fourth-order valence-corrected chi connectivity index (χ4v) is 2.15. The van der Waals surface area contributed by atoms with Gasteiger partial charge in [0.25, 0.3) is 0 Å². The smallest absolute Gasteiger partial charge is 0.125 e. The van der Waals surface area contributed by atoms with E-state index in [2.05, 4.69) is 4.98 Å². The molecule has 0 aliphatic heterocycles. The van der Waals surface area contributed by atoms with Crippen LogP contribution in [0.15, 0.2) is 54.6 Å². The van der Waals surface area contributed by atoms with E-state index in [1.807, 2.05) is 36.4 Å². The van der Waals surface area contributed by atoms with E-state index in [0.717, 1.165) is 16.6 Å². The Kier molecular flexibility index (Phi) is 2.73. The van der Waals surface area contributed by atoms with Gasteiger partial charge in [0, 0.05) is 16.0 Å². The summed E-state index contributed by atoms with van der Waals surface area (Å²) in [7, 11) is 0. The molecule has 0 spiro atoms.